The van der Waals surface area contributed by atoms with E-state index in [2.05, 4.69) is 35.5 Å². The van der Waals surface area contributed by atoms with Crippen molar-refractivity contribution in [2.45, 2.75) is 43.6 Å². The predicted octanol–water partition coefficient (Wildman–Crippen LogP) is 3.97. The molecular formula is C26H31N3O2. The molecule has 0 aromatic heterocycles. The zero-order valence-electron chi connectivity index (χ0n) is 18.2. The fraction of sp³-hybridized carbons (Fsp3) is 0.462. The third-order valence-electron chi connectivity index (χ3n) is 7.63. The third-order valence-corrected chi connectivity index (χ3v) is 7.63. The fourth-order valence-corrected chi connectivity index (χ4v) is 5.88. The average Bonchev–Trinajstić information content (AvgIpc) is 3.33. The highest BCUT2D eigenvalue weighted by molar-refractivity contribution is 6.07. The van der Waals surface area contributed by atoms with Crippen molar-refractivity contribution in [2.24, 2.45) is 5.92 Å². The number of hydrogen-bond acceptors (Lipinski definition) is 3. The highest BCUT2D eigenvalue weighted by Crippen LogP contribution is 2.54. The van der Waals surface area contributed by atoms with E-state index in [0.717, 1.165) is 36.3 Å². The minimum absolute atomic E-state index is 0.0215. The van der Waals surface area contributed by atoms with E-state index in [-0.39, 0.29) is 17.9 Å². The van der Waals surface area contributed by atoms with Crippen molar-refractivity contribution in [3.63, 3.8) is 0 Å². The molecule has 5 heteroatoms. The lowest BCUT2D eigenvalue weighted by Crippen LogP contribution is -2.42. The van der Waals surface area contributed by atoms with Crippen LogP contribution < -0.4 is 5.32 Å². The van der Waals surface area contributed by atoms with Gasteiger partial charge in [-0.25, -0.2) is 0 Å². The number of nitrogens with one attached hydrogen (secondary N) is 1. The van der Waals surface area contributed by atoms with Crippen molar-refractivity contribution in [3.05, 3.63) is 65.7 Å². The SMILES string of the molecule is CN1CCC(CCC(=O)N2CCC3(C(=O)Nc4ccccc43)C2c2ccccc2)CC1. The molecule has 5 nitrogen and oxygen atoms in total. The maximum atomic E-state index is 13.5. The second-order valence-electron chi connectivity index (χ2n) is 9.41. The summed E-state index contributed by atoms with van der Waals surface area (Å²) in [6, 6.07) is 17.8. The number of para-hydroxylation sites is 1. The van der Waals surface area contributed by atoms with Crippen LogP contribution in [-0.2, 0) is 15.0 Å². The minimum Gasteiger partial charge on any atom is -0.334 e. The summed E-state index contributed by atoms with van der Waals surface area (Å²) in [6.45, 7) is 2.86. The zero-order chi connectivity index (χ0) is 21.4. The monoisotopic (exact) mass is 417 g/mol. The second kappa shape index (κ2) is 8.12. The van der Waals surface area contributed by atoms with Gasteiger partial charge >= 0.3 is 0 Å². The molecule has 0 aliphatic carbocycles. The van der Waals surface area contributed by atoms with E-state index in [1.165, 1.54) is 12.8 Å². The van der Waals surface area contributed by atoms with Crippen molar-refractivity contribution in [1.82, 2.24) is 9.80 Å². The Morgan fingerprint density at radius 2 is 1.74 bits per heavy atom. The van der Waals surface area contributed by atoms with Gasteiger partial charge in [0, 0.05) is 18.7 Å². The molecule has 2 saturated heterocycles. The maximum Gasteiger partial charge on any atom is 0.237 e. The second-order valence-corrected chi connectivity index (χ2v) is 9.41. The Morgan fingerprint density at radius 1 is 1.03 bits per heavy atom. The van der Waals surface area contributed by atoms with Crippen LogP contribution in [0.15, 0.2) is 54.6 Å². The quantitative estimate of drug-likeness (QED) is 0.819. The Hall–Kier alpha value is -2.66. The Morgan fingerprint density at radius 3 is 2.52 bits per heavy atom. The Kier molecular flexibility index (Phi) is 5.30. The van der Waals surface area contributed by atoms with E-state index >= 15 is 0 Å². The lowest BCUT2D eigenvalue weighted by atomic mass is 9.72. The molecule has 162 valence electrons. The number of anilines is 1. The standard InChI is InChI=1S/C26H31N3O2/c1-28-16-13-19(14-17-28)11-12-23(30)29-18-15-26(24(29)20-7-3-2-4-8-20)21-9-5-6-10-22(21)27-25(26)31/h2-10,19,24H,11-18H2,1H3,(H,27,31). The molecule has 2 unspecified atom stereocenters. The number of nitrogens with zero attached hydrogens (tertiary/aromatic N) is 2. The third kappa shape index (κ3) is 3.45. The molecule has 1 N–H and O–H groups in total. The Bertz CT molecular complexity index is 968. The normalized spacial score (nSPS) is 26.3. The Balaban J connectivity index is 1.43. The van der Waals surface area contributed by atoms with Gasteiger partial charge in [-0.05, 0) is 68.9 Å². The lowest BCUT2D eigenvalue weighted by Gasteiger charge is -2.35. The predicted molar refractivity (Wildman–Crippen MR) is 122 cm³/mol. The van der Waals surface area contributed by atoms with Gasteiger partial charge in [0.1, 0.15) is 5.41 Å². The van der Waals surface area contributed by atoms with Gasteiger partial charge in [-0.1, -0.05) is 48.5 Å². The number of hydrogen-bond donors (Lipinski definition) is 1. The van der Waals surface area contributed by atoms with Crippen LogP contribution in [0.25, 0.3) is 0 Å². The Labute approximate surface area is 184 Å². The van der Waals surface area contributed by atoms with Gasteiger partial charge in [-0.15, -0.1) is 0 Å². The maximum absolute atomic E-state index is 13.5. The minimum atomic E-state index is -0.707. The molecule has 5 rings (SSSR count). The first-order valence-corrected chi connectivity index (χ1v) is 11.5. The van der Waals surface area contributed by atoms with Crippen LogP contribution in [0.2, 0.25) is 0 Å². The van der Waals surface area contributed by atoms with E-state index < -0.39 is 5.41 Å². The van der Waals surface area contributed by atoms with Gasteiger partial charge in [0.15, 0.2) is 0 Å². The summed E-state index contributed by atoms with van der Waals surface area (Å²) in [6.07, 6.45) is 4.52. The summed E-state index contributed by atoms with van der Waals surface area (Å²) in [5.41, 5.74) is 2.24. The van der Waals surface area contributed by atoms with Crippen molar-refractivity contribution in [3.8, 4) is 0 Å². The van der Waals surface area contributed by atoms with Crippen LogP contribution in [0.5, 0.6) is 0 Å². The van der Waals surface area contributed by atoms with Crippen LogP contribution in [0.1, 0.15) is 49.3 Å². The van der Waals surface area contributed by atoms with E-state index in [0.29, 0.717) is 25.3 Å². The van der Waals surface area contributed by atoms with E-state index in [1.54, 1.807) is 0 Å². The van der Waals surface area contributed by atoms with E-state index in [9.17, 15) is 9.59 Å². The number of carbonyl (C=O) groups excluding carboxylic acids is 2. The topological polar surface area (TPSA) is 52.7 Å². The molecule has 2 atom stereocenters. The van der Waals surface area contributed by atoms with E-state index in [1.807, 2.05) is 41.3 Å². The van der Waals surface area contributed by atoms with Gasteiger partial charge in [0.25, 0.3) is 0 Å². The molecule has 2 aromatic carbocycles. The highest BCUT2D eigenvalue weighted by Gasteiger charge is 2.59. The molecule has 3 aliphatic heterocycles. The summed E-state index contributed by atoms with van der Waals surface area (Å²) in [5, 5.41) is 3.10. The molecule has 31 heavy (non-hydrogen) atoms. The number of likely N-dealkylation sites (tertiary alicyclic amines) is 2. The van der Waals surface area contributed by atoms with Crippen molar-refractivity contribution >= 4 is 17.5 Å². The zero-order valence-corrected chi connectivity index (χ0v) is 18.2. The molecule has 0 saturated carbocycles. The summed E-state index contributed by atoms with van der Waals surface area (Å²) >= 11 is 0. The summed E-state index contributed by atoms with van der Waals surface area (Å²) < 4.78 is 0. The van der Waals surface area contributed by atoms with Gasteiger partial charge in [-0.3, -0.25) is 9.59 Å². The molecule has 0 radical (unpaired) electrons. The molecule has 3 heterocycles. The van der Waals surface area contributed by atoms with Crippen LogP contribution >= 0.6 is 0 Å². The first-order chi connectivity index (χ1) is 15.1. The molecular weight excluding hydrogens is 386 g/mol. The molecule has 1 spiro atoms. The fourth-order valence-electron chi connectivity index (χ4n) is 5.88. The molecule has 2 aromatic rings. The van der Waals surface area contributed by atoms with E-state index in [4.69, 9.17) is 0 Å². The number of rotatable bonds is 4. The van der Waals surface area contributed by atoms with Crippen molar-refractivity contribution < 1.29 is 9.59 Å². The van der Waals surface area contributed by atoms with Gasteiger partial charge < -0.3 is 15.1 Å². The van der Waals surface area contributed by atoms with Crippen LogP contribution in [0, 0.1) is 5.92 Å². The molecule has 2 amide bonds. The first kappa shape index (κ1) is 20.3. The number of piperidine rings is 1. The highest BCUT2D eigenvalue weighted by atomic mass is 16.2. The number of amides is 2. The summed E-state index contributed by atoms with van der Waals surface area (Å²) in [7, 11) is 2.17. The van der Waals surface area contributed by atoms with Gasteiger partial charge in [0.2, 0.25) is 11.8 Å². The summed E-state index contributed by atoms with van der Waals surface area (Å²) in [4.78, 5) is 31.2. The van der Waals surface area contributed by atoms with Crippen LogP contribution in [0.4, 0.5) is 5.69 Å². The first-order valence-electron chi connectivity index (χ1n) is 11.5. The average molecular weight is 418 g/mol. The van der Waals surface area contributed by atoms with Crippen LogP contribution in [0.3, 0.4) is 0 Å². The van der Waals surface area contributed by atoms with Crippen LogP contribution in [-0.4, -0.2) is 48.3 Å². The van der Waals surface area contributed by atoms with Crippen molar-refractivity contribution in [1.29, 1.82) is 0 Å². The number of benzene rings is 2. The number of fused-ring (bicyclic) bond motifs is 2. The number of carbonyl (C=O) groups is 2. The lowest BCUT2D eigenvalue weighted by molar-refractivity contribution is -0.134. The largest absolute Gasteiger partial charge is 0.334 e. The molecule has 2 fully saturated rings. The van der Waals surface area contributed by atoms with Crippen molar-refractivity contribution in [2.75, 3.05) is 32.0 Å². The van der Waals surface area contributed by atoms with Gasteiger partial charge in [0.05, 0.1) is 6.04 Å². The summed E-state index contributed by atoms with van der Waals surface area (Å²) in [5.74, 6) is 0.831. The smallest absolute Gasteiger partial charge is 0.237 e. The molecule has 0 bridgehead atoms. The molecule has 3 aliphatic rings. The van der Waals surface area contributed by atoms with Gasteiger partial charge in [-0.2, -0.15) is 0 Å².